The van der Waals surface area contributed by atoms with E-state index in [2.05, 4.69) is 16.8 Å². The second kappa shape index (κ2) is 7.17. The summed E-state index contributed by atoms with van der Waals surface area (Å²) in [6.07, 6.45) is 5.03. The average molecular weight is 291 g/mol. The van der Waals surface area contributed by atoms with Crippen molar-refractivity contribution < 1.29 is 14.7 Å². The monoisotopic (exact) mass is 291 g/mol. The van der Waals surface area contributed by atoms with E-state index in [1.807, 2.05) is 0 Å². The lowest BCUT2D eigenvalue weighted by molar-refractivity contribution is 0.0635. The maximum absolute atomic E-state index is 12.4. The van der Waals surface area contributed by atoms with Gasteiger partial charge in [0.25, 0.3) is 5.91 Å². The molecule has 1 fully saturated rings. The largest absolute Gasteiger partial charge is 0.478 e. The summed E-state index contributed by atoms with van der Waals surface area (Å²) in [7, 11) is 0. The third kappa shape index (κ3) is 4.01. The number of piperazine rings is 1. The van der Waals surface area contributed by atoms with Gasteiger partial charge in [-0.3, -0.25) is 14.7 Å². The van der Waals surface area contributed by atoms with Crippen molar-refractivity contribution >= 4 is 11.9 Å². The van der Waals surface area contributed by atoms with Crippen molar-refractivity contribution in [2.45, 2.75) is 19.8 Å². The predicted molar refractivity (Wildman–Crippen MR) is 78.4 cm³/mol. The number of carbonyl (C=O) groups is 2. The van der Waals surface area contributed by atoms with Crippen LogP contribution in [0.25, 0.3) is 0 Å². The van der Waals surface area contributed by atoms with Crippen molar-refractivity contribution in [3.63, 3.8) is 0 Å². The summed E-state index contributed by atoms with van der Waals surface area (Å²) in [5.41, 5.74) is 0.388. The smallest absolute Gasteiger partial charge is 0.337 e. The number of hydrogen-bond donors (Lipinski definition) is 1. The van der Waals surface area contributed by atoms with Crippen LogP contribution in [-0.2, 0) is 0 Å². The lowest BCUT2D eigenvalue weighted by Gasteiger charge is -2.34. The number of rotatable bonds is 5. The van der Waals surface area contributed by atoms with Gasteiger partial charge in [0.2, 0.25) is 0 Å². The standard InChI is InChI=1S/C15H21N3O3/c1-2-3-4-17-5-7-18(8-6-17)14(19)12-9-13(15(20)21)11-16-10-12/h9-11H,2-8H2,1H3,(H,20,21). The molecule has 1 aliphatic heterocycles. The minimum Gasteiger partial charge on any atom is -0.478 e. The van der Waals surface area contributed by atoms with E-state index < -0.39 is 5.97 Å². The lowest BCUT2D eigenvalue weighted by Crippen LogP contribution is -2.48. The Bertz CT molecular complexity index is 511. The van der Waals surface area contributed by atoms with Crippen LogP contribution in [0.5, 0.6) is 0 Å². The van der Waals surface area contributed by atoms with E-state index in [-0.39, 0.29) is 11.5 Å². The first-order valence-electron chi connectivity index (χ1n) is 7.31. The van der Waals surface area contributed by atoms with Crippen LogP contribution in [-0.4, -0.2) is 64.5 Å². The number of carboxylic acids is 1. The number of unbranched alkanes of at least 4 members (excludes halogenated alkanes) is 1. The highest BCUT2D eigenvalue weighted by Crippen LogP contribution is 2.10. The van der Waals surface area contributed by atoms with Gasteiger partial charge in [-0.05, 0) is 19.0 Å². The molecule has 114 valence electrons. The molecule has 0 aliphatic carbocycles. The molecule has 1 saturated heterocycles. The Morgan fingerprint density at radius 3 is 2.48 bits per heavy atom. The first-order chi connectivity index (χ1) is 10.1. The number of pyridine rings is 1. The van der Waals surface area contributed by atoms with Gasteiger partial charge in [-0.2, -0.15) is 0 Å². The molecule has 2 rings (SSSR count). The summed E-state index contributed by atoms with van der Waals surface area (Å²) >= 11 is 0. The molecule has 0 unspecified atom stereocenters. The van der Waals surface area contributed by atoms with Gasteiger partial charge in [-0.1, -0.05) is 13.3 Å². The van der Waals surface area contributed by atoms with E-state index >= 15 is 0 Å². The summed E-state index contributed by atoms with van der Waals surface area (Å²) < 4.78 is 0. The summed E-state index contributed by atoms with van der Waals surface area (Å²) in [6, 6.07) is 1.39. The SMILES string of the molecule is CCCCN1CCN(C(=O)c2cncc(C(=O)O)c2)CC1. The van der Waals surface area contributed by atoms with Crippen molar-refractivity contribution in [1.82, 2.24) is 14.8 Å². The Labute approximate surface area is 124 Å². The fraction of sp³-hybridized carbons (Fsp3) is 0.533. The molecule has 1 aliphatic rings. The molecule has 0 radical (unpaired) electrons. The van der Waals surface area contributed by atoms with Gasteiger partial charge in [-0.15, -0.1) is 0 Å². The van der Waals surface area contributed by atoms with Crippen LogP contribution in [0.2, 0.25) is 0 Å². The Morgan fingerprint density at radius 1 is 1.19 bits per heavy atom. The number of hydrogen-bond acceptors (Lipinski definition) is 4. The highest BCUT2D eigenvalue weighted by Gasteiger charge is 2.22. The Hall–Kier alpha value is -1.95. The number of amides is 1. The third-order valence-corrected chi connectivity index (χ3v) is 3.72. The average Bonchev–Trinajstić information content (AvgIpc) is 2.53. The molecule has 6 nitrogen and oxygen atoms in total. The van der Waals surface area contributed by atoms with Crippen LogP contribution < -0.4 is 0 Å². The zero-order chi connectivity index (χ0) is 15.2. The van der Waals surface area contributed by atoms with E-state index in [4.69, 9.17) is 5.11 Å². The molecule has 1 N–H and O–H groups in total. The highest BCUT2D eigenvalue weighted by molar-refractivity contribution is 5.97. The molecular weight excluding hydrogens is 270 g/mol. The van der Waals surface area contributed by atoms with Gasteiger partial charge in [0, 0.05) is 38.6 Å². The molecule has 0 aromatic carbocycles. The molecule has 21 heavy (non-hydrogen) atoms. The van der Waals surface area contributed by atoms with Crippen LogP contribution in [0.15, 0.2) is 18.5 Å². The quantitative estimate of drug-likeness (QED) is 0.886. The Morgan fingerprint density at radius 2 is 1.86 bits per heavy atom. The maximum atomic E-state index is 12.4. The predicted octanol–water partition coefficient (Wildman–Crippen LogP) is 1.34. The molecule has 1 aromatic heterocycles. The minimum atomic E-state index is -1.07. The van der Waals surface area contributed by atoms with Crippen molar-refractivity contribution in [2.24, 2.45) is 0 Å². The number of carboxylic acid groups (broad SMARTS) is 1. The van der Waals surface area contributed by atoms with E-state index in [1.54, 1.807) is 4.90 Å². The van der Waals surface area contributed by atoms with Gasteiger partial charge in [0.1, 0.15) is 0 Å². The zero-order valence-electron chi connectivity index (χ0n) is 12.3. The van der Waals surface area contributed by atoms with Crippen LogP contribution in [0.1, 0.15) is 40.5 Å². The Balaban J connectivity index is 1.95. The second-order valence-electron chi connectivity index (χ2n) is 5.25. The first kappa shape index (κ1) is 15.4. The highest BCUT2D eigenvalue weighted by atomic mass is 16.4. The van der Waals surface area contributed by atoms with Gasteiger partial charge < -0.3 is 10.0 Å². The summed E-state index contributed by atoms with van der Waals surface area (Å²) in [6.45, 7) is 6.35. The van der Waals surface area contributed by atoms with Crippen molar-refractivity contribution in [1.29, 1.82) is 0 Å². The maximum Gasteiger partial charge on any atom is 0.337 e. The number of aromatic nitrogens is 1. The normalized spacial score (nSPS) is 16.0. The van der Waals surface area contributed by atoms with E-state index in [1.165, 1.54) is 31.3 Å². The molecule has 0 spiro atoms. The minimum absolute atomic E-state index is 0.0439. The molecule has 0 saturated carbocycles. The van der Waals surface area contributed by atoms with Crippen LogP contribution in [0.4, 0.5) is 0 Å². The molecule has 0 bridgehead atoms. The van der Waals surface area contributed by atoms with E-state index in [0.29, 0.717) is 18.7 Å². The molecule has 6 heteroatoms. The molecule has 0 atom stereocenters. The van der Waals surface area contributed by atoms with Crippen LogP contribution in [0, 0.1) is 0 Å². The van der Waals surface area contributed by atoms with E-state index in [9.17, 15) is 9.59 Å². The summed E-state index contributed by atoms with van der Waals surface area (Å²) in [5.74, 6) is -1.21. The summed E-state index contributed by atoms with van der Waals surface area (Å²) in [5, 5.41) is 8.95. The van der Waals surface area contributed by atoms with Gasteiger partial charge in [0.15, 0.2) is 0 Å². The van der Waals surface area contributed by atoms with Crippen molar-refractivity contribution in [2.75, 3.05) is 32.7 Å². The number of carbonyl (C=O) groups excluding carboxylic acids is 1. The van der Waals surface area contributed by atoms with Gasteiger partial charge >= 0.3 is 5.97 Å². The topological polar surface area (TPSA) is 73.7 Å². The molecule has 1 amide bonds. The van der Waals surface area contributed by atoms with Gasteiger partial charge in [0.05, 0.1) is 11.1 Å². The van der Waals surface area contributed by atoms with E-state index in [0.717, 1.165) is 19.6 Å². The molecule has 1 aromatic rings. The number of aromatic carboxylic acids is 1. The first-order valence-corrected chi connectivity index (χ1v) is 7.31. The Kier molecular flexibility index (Phi) is 5.27. The third-order valence-electron chi connectivity index (χ3n) is 3.72. The van der Waals surface area contributed by atoms with Gasteiger partial charge in [-0.25, -0.2) is 4.79 Å². The summed E-state index contributed by atoms with van der Waals surface area (Å²) in [4.78, 5) is 31.3. The number of nitrogens with zero attached hydrogens (tertiary/aromatic N) is 3. The lowest BCUT2D eigenvalue weighted by atomic mass is 10.1. The van der Waals surface area contributed by atoms with Crippen LogP contribution >= 0.6 is 0 Å². The molecular formula is C15H21N3O3. The van der Waals surface area contributed by atoms with Crippen molar-refractivity contribution in [3.8, 4) is 0 Å². The van der Waals surface area contributed by atoms with Crippen LogP contribution in [0.3, 0.4) is 0 Å². The second-order valence-corrected chi connectivity index (χ2v) is 5.25. The zero-order valence-corrected chi connectivity index (χ0v) is 12.3. The fourth-order valence-electron chi connectivity index (χ4n) is 2.41. The fourth-order valence-corrected chi connectivity index (χ4v) is 2.41. The van der Waals surface area contributed by atoms with Crippen molar-refractivity contribution in [3.05, 3.63) is 29.6 Å². The molecule has 2 heterocycles.